The van der Waals surface area contributed by atoms with Gasteiger partial charge in [0, 0.05) is 0 Å². The summed E-state index contributed by atoms with van der Waals surface area (Å²) in [6.07, 6.45) is 1.22. The fourth-order valence-electron chi connectivity index (χ4n) is 3.13. The first-order valence-electron chi connectivity index (χ1n) is 8.66. The number of rotatable bonds is 5. The molecule has 2 aromatic carbocycles. The molecule has 1 heterocycles. The molecule has 128 valence electrons. The lowest BCUT2D eigenvalue weighted by atomic mass is 10.0. The number of benzene rings is 2. The van der Waals surface area contributed by atoms with Gasteiger partial charge in [0.2, 0.25) is 0 Å². The fourth-order valence-corrected chi connectivity index (χ4v) is 3.13. The first kappa shape index (κ1) is 17.2. The second-order valence-corrected chi connectivity index (χ2v) is 7.65. The van der Waals surface area contributed by atoms with Gasteiger partial charge in [-0.1, -0.05) is 54.6 Å². The minimum Gasteiger partial charge on any atom is -0.368 e. The quantitative estimate of drug-likeness (QED) is 0.784. The summed E-state index contributed by atoms with van der Waals surface area (Å²) < 4.78 is 12.9. The number of hydrogen-bond acceptors (Lipinski definition) is 2. The predicted molar refractivity (Wildman–Crippen MR) is 97.0 cm³/mol. The molecule has 0 aliphatic carbocycles. The summed E-state index contributed by atoms with van der Waals surface area (Å²) in [6.45, 7) is 2.29. The van der Waals surface area contributed by atoms with Gasteiger partial charge in [-0.05, 0) is 23.1 Å². The van der Waals surface area contributed by atoms with E-state index in [0.29, 0.717) is 13.2 Å². The smallest absolute Gasteiger partial charge is 0.130 e. The monoisotopic (exact) mass is 326 g/mol. The van der Waals surface area contributed by atoms with Crippen molar-refractivity contribution in [1.29, 1.82) is 0 Å². The van der Waals surface area contributed by atoms with Gasteiger partial charge in [-0.25, -0.2) is 0 Å². The number of hydrogen-bond donors (Lipinski definition) is 0. The molecule has 1 fully saturated rings. The van der Waals surface area contributed by atoms with Crippen LogP contribution in [0.2, 0.25) is 0 Å². The lowest BCUT2D eigenvalue weighted by Crippen LogP contribution is -2.46. The van der Waals surface area contributed by atoms with Crippen molar-refractivity contribution < 1.29 is 14.0 Å². The van der Waals surface area contributed by atoms with E-state index >= 15 is 0 Å². The van der Waals surface area contributed by atoms with Crippen LogP contribution in [0.1, 0.15) is 22.8 Å². The standard InChI is InChI=1S/C21H28NO2/c1-22(2,3)14-20-15-24-21(16-23-20)19-11-9-18(10-12-19)13-17-7-5-4-6-8-17/h4-12,20-21H,13-16H2,1-3H3/q+1/t20-,21+/m1/s1. The lowest BCUT2D eigenvalue weighted by molar-refractivity contribution is -0.874. The Hall–Kier alpha value is -1.68. The van der Waals surface area contributed by atoms with E-state index in [-0.39, 0.29) is 12.2 Å². The minimum absolute atomic E-state index is 0.0551. The number of ether oxygens (including phenoxy) is 2. The van der Waals surface area contributed by atoms with Crippen LogP contribution in [0.25, 0.3) is 0 Å². The van der Waals surface area contributed by atoms with Crippen LogP contribution in [0.15, 0.2) is 54.6 Å². The average Bonchev–Trinajstić information content (AvgIpc) is 2.56. The molecule has 2 aromatic rings. The highest BCUT2D eigenvalue weighted by Crippen LogP contribution is 2.24. The normalized spacial score (nSPS) is 21.6. The molecule has 3 nitrogen and oxygen atoms in total. The van der Waals surface area contributed by atoms with Gasteiger partial charge in [0.15, 0.2) is 0 Å². The van der Waals surface area contributed by atoms with Crippen molar-refractivity contribution in [1.82, 2.24) is 0 Å². The van der Waals surface area contributed by atoms with E-state index in [4.69, 9.17) is 9.47 Å². The fraction of sp³-hybridized carbons (Fsp3) is 0.429. The van der Waals surface area contributed by atoms with Gasteiger partial charge in [-0.15, -0.1) is 0 Å². The van der Waals surface area contributed by atoms with Gasteiger partial charge in [0.25, 0.3) is 0 Å². The molecule has 0 aromatic heterocycles. The molecule has 0 bridgehead atoms. The first-order valence-corrected chi connectivity index (χ1v) is 8.66. The summed E-state index contributed by atoms with van der Waals surface area (Å²) in [7, 11) is 6.54. The highest BCUT2D eigenvalue weighted by molar-refractivity contribution is 5.29. The molecule has 0 N–H and O–H groups in total. The van der Waals surface area contributed by atoms with E-state index in [1.807, 2.05) is 0 Å². The van der Waals surface area contributed by atoms with Gasteiger partial charge in [-0.3, -0.25) is 0 Å². The molecule has 0 amide bonds. The van der Waals surface area contributed by atoms with Gasteiger partial charge in [0.1, 0.15) is 18.8 Å². The first-order chi connectivity index (χ1) is 11.5. The van der Waals surface area contributed by atoms with Gasteiger partial charge < -0.3 is 14.0 Å². The Balaban J connectivity index is 1.55. The Labute approximate surface area is 145 Å². The molecular formula is C21H28NO2+. The van der Waals surface area contributed by atoms with Gasteiger partial charge in [-0.2, -0.15) is 0 Å². The average molecular weight is 326 g/mol. The SMILES string of the molecule is C[N+](C)(C)C[C@@H]1CO[C@H](c2ccc(Cc3ccccc3)cc2)CO1. The van der Waals surface area contributed by atoms with Crippen LogP contribution in [-0.4, -0.2) is 51.5 Å². The number of likely N-dealkylation sites (N-methyl/N-ethyl adjacent to an activating group) is 1. The van der Waals surface area contributed by atoms with E-state index in [0.717, 1.165) is 17.4 Å². The maximum Gasteiger partial charge on any atom is 0.130 e. The summed E-state index contributed by atoms with van der Waals surface area (Å²) >= 11 is 0. The molecule has 3 heteroatoms. The molecule has 0 radical (unpaired) electrons. The Kier molecular flexibility index (Phi) is 5.34. The molecule has 1 aliphatic rings. The maximum atomic E-state index is 6.05. The molecular weight excluding hydrogens is 298 g/mol. The van der Waals surface area contributed by atoms with Crippen LogP contribution in [0.4, 0.5) is 0 Å². The topological polar surface area (TPSA) is 18.5 Å². The lowest BCUT2D eigenvalue weighted by Gasteiger charge is -2.34. The van der Waals surface area contributed by atoms with Crippen LogP contribution in [-0.2, 0) is 15.9 Å². The van der Waals surface area contributed by atoms with Gasteiger partial charge >= 0.3 is 0 Å². The van der Waals surface area contributed by atoms with Gasteiger partial charge in [0.05, 0.1) is 34.4 Å². The van der Waals surface area contributed by atoms with Crippen molar-refractivity contribution >= 4 is 0 Å². The number of nitrogens with zero attached hydrogens (tertiary/aromatic N) is 1. The largest absolute Gasteiger partial charge is 0.368 e. The molecule has 0 spiro atoms. The van der Waals surface area contributed by atoms with E-state index in [1.54, 1.807) is 0 Å². The molecule has 1 saturated heterocycles. The van der Waals surface area contributed by atoms with Crippen molar-refractivity contribution in [2.75, 3.05) is 40.9 Å². The maximum absolute atomic E-state index is 6.05. The van der Waals surface area contributed by atoms with Crippen molar-refractivity contribution in [2.45, 2.75) is 18.6 Å². The zero-order chi connectivity index (χ0) is 17.0. The molecule has 24 heavy (non-hydrogen) atoms. The van der Waals surface area contributed by atoms with Crippen molar-refractivity contribution in [2.24, 2.45) is 0 Å². The Morgan fingerprint density at radius 1 is 0.833 bits per heavy atom. The summed E-state index contributed by atoms with van der Waals surface area (Å²) in [4.78, 5) is 0. The van der Waals surface area contributed by atoms with Crippen LogP contribution < -0.4 is 0 Å². The second-order valence-electron chi connectivity index (χ2n) is 7.65. The molecule has 1 aliphatic heterocycles. The summed E-state index contributed by atoms with van der Waals surface area (Å²) in [5, 5.41) is 0. The third kappa shape index (κ3) is 4.91. The van der Waals surface area contributed by atoms with Crippen LogP contribution in [0.3, 0.4) is 0 Å². The predicted octanol–water partition coefficient (Wildman–Crippen LogP) is 3.44. The zero-order valence-electron chi connectivity index (χ0n) is 14.9. The van der Waals surface area contributed by atoms with Crippen LogP contribution in [0, 0.1) is 0 Å². The Bertz CT molecular complexity index is 623. The summed E-state index contributed by atoms with van der Waals surface area (Å²) in [5.41, 5.74) is 3.87. The number of quaternary nitrogens is 1. The third-order valence-corrected chi connectivity index (χ3v) is 4.32. The van der Waals surface area contributed by atoms with E-state index in [1.165, 1.54) is 16.7 Å². The van der Waals surface area contributed by atoms with Crippen LogP contribution in [0.5, 0.6) is 0 Å². The van der Waals surface area contributed by atoms with E-state index < -0.39 is 0 Å². The van der Waals surface area contributed by atoms with Crippen molar-refractivity contribution in [3.8, 4) is 0 Å². The van der Waals surface area contributed by atoms with E-state index in [9.17, 15) is 0 Å². The van der Waals surface area contributed by atoms with E-state index in [2.05, 4.69) is 75.7 Å². The second kappa shape index (κ2) is 7.47. The third-order valence-electron chi connectivity index (χ3n) is 4.32. The Morgan fingerprint density at radius 3 is 2.08 bits per heavy atom. The van der Waals surface area contributed by atoms with Crippen molar-refractivity contribution in [3.63, 3.8) is 0 Å². The minimum atomic E-state index is 0.0551. The van der Waals surface area contributed by atoms with Crippen molar-refractivity contribution in [3.05, 3.63) is 71.3 Å². The molecule has 2 atom stereocenters. The summed E-state index contributed by atoms with van der Waals surface area (Å²) in [6, 6.07) is 19.3. The van der Waals surface area contributed by atoms with Crippen LogP contribution >= 0.6 is 0 Å². The highest BCUT2D eigenvalue weighted by Gasteiger charge is 2.27. The molecule has 3 rings (SSSR count). The molecule has 0 unspecified atom stereocenters. The molecule has 0 saturated carbocycles. The Morgan fingerprint density at radius 2 is 1.50 bits per heavy atom. The summed E-state index contributed by atoms with van der Waals surface area (Å²) in [5.74, 6) is 0. The zero-order valence-corrected chi connectivity index (χ0v) is 14.9. The highest BCUT2D eigenvalue weighted by atomic mass is 16.6.